The largest absolute Gasteiger partial charge is 0.411 e. The van der Waals surface area contributed by atoms with E-state index in [4.69, 9.17) is 0 Å². The number of aromatic nitrogens is 1. The molecule has 0 bridgehead atoms. The molecule has 134 valence electrons. The zero-order chi connectivity index (χ0) is 18.1. The molecule has 0 saturated carbocycles. The molecule has 5 nitrogen and oxygen atoms in total. The zero-order valence-electron chi connectivity index (χ0n) is 13.3. The maximum Gasteiger partial charge on any atom is 0.411 e. The fraction of sp³-hybridized carbons (Fsp3) is 0.294. The molecule has 0 atom stereocenters. The van der Waals surface area contributed by atoms with E-state index in [-0.39, 0.29) is 12.6 Å². The van der Waals surface area contributed by atoms with Crippen LogP contribution in [0, 0.1) is 0 Å². The molecular weight excluding hydrogens is 335 g/mol. The first-order chi connectivity index (χ1) is 11.9. The molecule has 2 amide bonds. The molecule has 0 aliphatic carbocycles. The number of benzene rings is 1. The fourth-order valence-electron chi connectivity index (χ4n) is 1.97. The van der Waals surface area contributed by atoms with Gasteiger partial charge in [0.15, 0.2) is 0 Å². The van der Waals surface area contributed by atoms with Crippen LogP contribution in [-0.4, -0.2) is 23.8 Å². The molecule has 8 heteroatoms. The SMILES string of the molecule is O=C(NCc1ccncc1)NCc1ccc(COCC(F)(F)F)cc1. The smallest absolute Gasteiger partial charge is 0.367 e. The summed E-state index contributed by atoms with van der Waals surface area (Å²) in [5.74, 6) is 0. The van der Waals surface area contributed by atoms with Gasteiger partial charge in [-0.15, -0.1) is 0 Å². The molecule has 2 aromatic rings. The average Bonchev–Trinajstić information content (AvgIpc) is 2.59. The van der Waals surface area contributed by atoms with E-state index in [1.807, 2.05) is 0 Å². The van der Waals surface area contributed by atoms with Crippen LogP contribution in [0.2, 0.25) is 0 Å². The van der Waals surface area contributed by atoms with Gasteiger partial charge in [-0.05, 0) is 28.8 Å². The van der Waals surface area contributed by atoms with Gasteiger partial charge >= 0.3 is 12.2 Å². The zero-order valence-corrected chi connectivity index (χ0v) is 13.3. The summed E-state index contributed by atoms with van der Waals surface area (Å²) >= 11 is 0. The molecular formula is C17H18F3N3O2. The third-order valence-electron chi connectivity index (χ3n) is 3.21. The van der Waals surface area contributed by atoms with Gasteiger partial charge in [0.1, 0.15) is 6.61 Å². The number of hydrogen-bond donors (Lipinski definition) is 2. The van der Waals surface area contributed by atoms with Gasteiger partial charge in [-0.1, -0.05) is 24.3 Å². The van der Waals surface area contributed by atoms with Crippen molar-refractivity contribution in [3.8, 4) is 0 Å². The van der Waals surface area contributed by atoms with Crippen molar-refractivity contribution < 1.29 is 22.7 Å². The first-order valence-electron chi connectivity index (χ1n) is 7.55. The molecule has 0 spiro atoms. The number of rotatable bonds is 7. The maximum absolute atomic E-state index is 12.0. The third kappa shape index (κ3) is 7.67. The van der Waals surface area contributed by atoms with Crippen LogP contribution in [0.4, 0.5) is 18.0 Å². The molecule has 0 saturated heterocycles. The van der Waals surface area contributed by atoms with Crippen molar-refractivity contribution in [1.82, 2.24) is 15.6 Å². The lowest BCUT2D eigenvalue weighted by molar-refractivity contribution is -0.176. The second-order valence-electron chi connectivity index (χ2n) is 5.32. The Labute approximate surface area is 143 Å². The van der Waals surface area contributed by atoms with Crippen molar-refractivity contribution >= 4 is 6.03 Å². The van der Waals surface area contributed by atoms with E-state index in [2.05, 4.69) is 20.4 Å². The molecule has 0 aliphatic heterocycles. The Morgan fingerprint density at radius 1 is 0.920 bits per heavy atom. The number of halogens is 3. The quantitative estimate of drug-likeness (QED) is 0.804. The highest BCUT2D eigenvalue weighted by Crippen LogP contribution is 2.15. The first kappa shape index (κ1) is 18.7. The Morgan fingerprint density at radius 3 is 2.00 bits per heavy atom. The third-order valence-corrected chi connectivity index (χ3v) is 3.21. The molecule has 1 aromatic heterocycles. The molecule has 1 aromatic carbocycles. The van der Waals surface area contributed by atoms with Crippen LogP contribution in [-0.2, 0) is 24.4 Å². The van der Waals surface area contributed by atoms with Crippen LogP contribution in [0.25, 0.3) is 0 Å². The van der Waals surface area contributed by atoms with Gasteiger partial charge < -0.3 is 15.4 Å². The van der Waals surface area contributed by atoms with E-state index >= 15 is 0 Å². The normalized spacial score (nSPS) is 11.2. The first-order valence-corrected chi connectivity index (χ1v) is 7.55. The number of urea groups is 1. The van der Waals surface area contributed by atoms with Gasteiger partial charge in [0.05, 0.1) is 6.61 Å². The summed E-state index contributed by atoms with van der Waals surface area (Å²) in [7, 11) is 0. The van der Waals surface area contributed by atoms with Gasteiger partial charge in [-0.3, -0.25) is 4.98 Å². The van der Waals surface area contributed by atoms with Crippen LogP contribution >= 0.6 is 0 Å². The molecule has 2 rings (SSSR count). The second-order valence-corrected chi connectivity index (χ2v) is 5.32. The van der Waals surface area contributed by atoms with E-state index in [1.165, 1.54) is 0 Å². The second kappa shape index (κ2) is 9.03. The van der Waals surface area contributed by atoms with Crippen molar-refractivity contribution in [2.75, 3.05) is 6.61 Å². The molecule has 0 aliphatic rings. The van der Waals surface area contributed by atoms with Crippen molar-refractivity contribution in [3.63, 3.8) is 0 Å². The number of alkyl halides is 3. The van der Waals surface area contributed by atoms with Gasteiger partial charge in [0.25, 0.3) is 0 Å². The van der Waals surface area contributed by atoms with Gasteiger partial charge in [-0.2, -0.15) is 13.2 Å². The average molecular weight is 353 g/mol. The van der Waals surface area contributed by atoms with Crippen LogP contribution in [0.15, 0.2) is 48.8 Å². The topological polar surface area (TPSA) is 63.2 Å². The number of ether oxygens (including phenoxy) is 1. The summed E-state index contributed by atoms with van der Waals surface area (Å²) in [5, 5.41) is 5.42. The van der Waals surface area contributed by atoms with Crippen LogP contribution < -0.4 is 10.6 Å². The lowest BCUT2D eigenvalue weighted by Crippen LogP contribution is -2.34. The van der Waals surface area contributed by atoms with Crippen molar-refractivity contribution in [3.05, 3.63) is 65.5 Å². The lowest BCUT2D eigenvalue weighted by atomic mass is 10.1. The van der Waals surface area contributed by atoms with Gasteiger partial charge in [0, 0.05) is 25.5 Å². The summed E-state index contributed by atoms with van der Waals surface area (Å²) in [4.78, 5) is 15.6. The monoisotopic (exact) mass is 353 g/mol. The number of carbonyl (C=O) groups excluding carboxylic acids is 1. The highest BCUT2D eigenvalue weighted by Gasteiger charge is 2.27. The van der Waals surface area contributed by atoms with Gasteiger partial charge in [-0.25, -0.2) is 4.79 Å². The number of nitrogens with zero attached hydrogens (tertiary/aromatic N) is 1. The predicted octanol–water partition coefficient (Wildman–Crippen LogP) is 3.16. The van der Waals surface area contributed by atoms with E-state index in [9.17, 15) is 18.0 Å². The van der Waals surface area contributed by atoms with Crippen LogP contribution in [0.3, 0.4) is 0 Å². The lowest BCUT2D eigenvalue weighted by Gasteiger charge is -2.09. The van der Waals surface area contributed by atoms with E-state index < -0.39 is 12.8 Å². The maximum atomic E-state index is 12.0. The summed E-state index contributed by atoms with van der Waals surface area (Å²) in [6.07, 6.45) is -1.03. The predicted molar refractivity (Wildman–Crippen MR) is 85.5 cm³/mol. The minimum Gasteiger partial charge on any atom is -0.367 e. The molecule has 0 unspecified atom stereocenters. The minimum absolute atomic E-state index is 0.111. The molecule has 0 radical (unpaired) electrons. The van der Waals surface area contributed by atoms with Crippen LogP contribution in [0.1, 0.15) is 16.7 Å². The summed E-state index contributed by atoms with van der Waals surface area (Å²) in [5.41, 5.74) is 2.40. The Kier molecular flexibility index (Phi) is 6.76. The molecule has 0 fully saturated rings. The van der Waals surface area contributed by atoms with Gasteiger partial charge in [0.2, 0.25) is 0 Å². The number of amides is 2. The van der Waals surface area contributed by atoms with Crippen molar-refractivity contribution in [1.29, 1.82) is 0 Å². The Morgan fingerprint density at radius 2 is 1.44 bits per heavy atom. The Bertz CT molecular complexity index is 661. The highest BCUT2D eigenvalue weighted by atomic mass is 19.4. The van der Waals surface area contributed by atoms with Crippen molar-refractivity contribution in [2.45, 2.75) is 25.9 Å². The summed E-state index contributed by atoms with van der Waals surface area (Å²) in [6, 6.07) is 10.1. The van der Waals surface area contributed by atoms with E-state index in [0.29, 0.717) is 18.7 Å². The number of nitrogens with one attached hydrogen (secondary N) is 2. The summed E-state index contributed by atoms with van der Waals surface area (Å²) in [6.45, 7) is -0.677. The van der Waals surface area contributed by atoms with E-state index in [0.717, 1.165) is 11.1 Å². The van der Waals surface area contributed by atoms with E-state index in [1.54, 1.807) is 48.8 Å². The Hall–Kier alpha value is -2.61. The van der Waals surface area contributed by atoms with Crippen LogP contribution in [0.5, 0.6) is 0 Å². The standard InChI is InChI=1S/C17H18F3N3O2/c18-17(19,20)12-25-11-15-3-1-13(2-4-15)9-22-16(24)23-10-14-5-7-21-8-6-14/h1-8H,9-12H2,(H2,22,23,24). The number of carbonyl (C=O) groups is 1. The molecule has 2 N–H and O–H groups in total. The Balaban J connectivity index is 1.69. The number of pyridine rings is 1. The molecule has 25 heavy (non-hydrogen) atoms. The summed E-state index contributed by atoms with van der Waals surface area (Å²) < 4.78 is 40.6. The number of hydrogen-bond acceptors (Lipinski definition) is 3. The highest BCUT2D eigenvalue weighted by molar-refractivity contribution is 5.73. The fourth-order valence-corrected chi connectivity index (χ4v) is 1.97. The molecule has 1 heterocycles. The minimum atomic E-state index is -4.33. The van der Waals surface area contributed by atoms with Crippen molar-refractivity contribution in [2.24, 2.45) is 0 Å².